The van der Waals surface area contributed by atoms with Gasteiger partial charge in [0, 0.05) is 19.0 Å². The van der Waals surface area contributed by atoms with Crippen LogP contribution in [0.5, 0.6) is 0 Å². The summed E-state index contributed by atoms with van der Waals surface area (Å²) >= 11 is 0. The molecule has 1 aliphatic carbocycles. The summed E-state index contributed by atoms with van der Waals surface area (Å²) in [5.74, 6) is 0.00175. The number of esters is 1. The number of carbonyl (C=O) groups excluding carboxylic acids is 2. The van der Waals surface area contributed by atoms with Crippen molar-refractivity contribution in [3.05, 3.63) is 0 Å². The molecule has 1 amide bonds. The van der Waals surface area contributed by atoms with Crippen molar-refractivity contribution in [2.75, 3.05) is 19.7 Å². The fourth-order valence-corrected chi connectivity index (χ4v) is 3.63. The van der Waals surface area contributed by atoms with Crippen LogP contribution >= 0.6 is 0 Å². The smallest absolute Gasteiger partial charge is 0.310 e. The summed E-state index contributed by atoms with van der Waals surface area (Å²) in [6, 6.07) is 0. The second-order valence-electron chi connectivity index (χ2n) is 7.25. The molecule has 0 radical (unpaired) electrons. The first-order valence-corrected chi connectivity index (χ1v) is 7.69. The average molecular weight is 281 g/mol. The van der Waals surface area contributed by atoms with Crippen LogP contribution in [0.1, 0.15) is 47.5 Å². The van der Waals surface area contributed by atoms with E-state index in [4.69, 9.17) is 4.74 Å². The lowest BCUT2D eigenvalue weighted by Crippen LogP contribution is -2.44. The minimum atomic E-state index is -0.153. The molecular weight excluding hydrogens is 254 g/mol. The Bertz CT molecular complexity index is 400. The molecule has 4 nitrogen and oxygen atoms in total. The van der Waals surface area contributed by atoms with Crippen molar-refractivity contribution in [1.82, 2.24) is 4.90 Å². The normalized spacial score (nSPS) is 28.1. The predicted octanol–water partition coefficient (Wildman–Crippen LogP) is 2.47. The SMILES string of the molecule is CCOC(=O)[C@H]1CCCN(C(=O)C2C(C)(C)C2(C)C)C1. The van der Waals surface area contributed by atoms with Crippen LogP contribution in [-0.2, 0) is 14.3 Å². The van der Waals surface area contributed by atoms with Gasteiger partial charge in [0.2, 0.25) is 5.91 Å². The predicted molar refractivity (Wildman–Crippen MR) is 77.0 cm³/mol. The Kier molecular flexibility index (Phi) is 3.87. The van der Waals surface area contributed by atoms with Crippen molar-refractivity contribution >= 4 is 11.9 Å². The molecule has 1 heterocycles. The molecule has 1 aliphatic heterocycles. The van der Waals surface area contributed by atoms with Crippen molar-refractivity contribution in [1.29, 1.82) is 0 Å². The van der Waals surface area contributed by atoms with E-state index in [1.54, 1.807) is 0 Å². The molecule has 0 aromatic heterocycles. The highest BCUT2D eigenvalue weighted by molar-refractivity contribution is 5.85. The molecule has 1 saturated carbocycles. The van der Waals surface area contributed by atoms with Crippen LogP contribution in [0.3, 0.4) is 0 Å². The molecule has 2 rings (SSSR count). The Morgan fingerprint density at radius 1 is 1.20 bits per heavy atom. The summed E-state index contributed by atoms with van der Waals surface area (Å²) < 4.78 is 5.09. The topological polar surface area (TPSA) is 46.6 Å². The first-order chi connectivity index (χ1) is 9.23. The van der Waals surface area contributed by atoms with E-state index in [0.29, 0.717) is 13.2 Å². The van der Waals surface area contributed by atoms with E-state index in [0.717, 1.165) is 19.4 Å². The molecule has 1 atom stereocenters. The van der Waals surface area contributed by atoms with Crippen LogP contribution in [0.4, 0.5) is 0 Å². The minimum absolute atomic E-state index is 0.0565. The van der Waals surface area contributed by atoms with Crippen LogP contribution in [0.2, 0.25) is 0 Å². The second-order valence-corrected chi connectivity index (χ2v) is 7.25. The summed E-state index contributed by atoms with van der Waals surface area (Å²) in [5, 5.41) is 0. The van der Waals surface area contributed by atoms with E-state index in [1.807, 2.05) is 11.8 Å². The zero-order valence-corrected chi connectivity index (χ0v) is 13.4. The van der Waals surface area contributed by atoms with E-state index >= 15 is 0 Å². The molecular formula is C16H27NO3. The summed E-state index contributed by atoms with van der Waals surface area (Å²) in [6.07, 6.45) is 1.73. The highest BCUT2D eigenvalue weighted by Crippen LogP contribution is 2.68. The Morgan fingerprint density at radius 2 is 1.80 bits per heavy atom. The fraction of sp³-hybridized carbons (Fsp3) is 0.875. The molecule has 114 valence electrons. The van der Waals surface area contributed by atoms with Crippen molar-refractivity contribution < 1.29 is 14.3 Å². The van der Waals surface area contributed by atoms with Crippen LogP contribution in [0.15, 0.2) is 0 Å². The monoisotopic (exact) mass is 281 g/mol. The van der Waals surface area contributed by atoms with Gasteiger partial charge < -0.3 is 9.64 Å². The lowest BCUT2D eigenvalue weighted by Gasteiger charge is -2.32. The Hall–Kier alpha value is -1.06. The molecule has 0 N–H and O–H groups in total. The Balaban J connectivity index is 2.00. The molecule has 2 fully saturated rings. The molecule has 0 aromatic carbocycles. The third-order valence-electron chi connectivity index (χ3n) is 5.62. The molecule has 20 heavy (non-hydrogen) atoms. The highest BCUT2D eigenvalue weighted by Gasteiger charge is 2.68. The standard InChI is InChI=1S/C16H27NO3/c1-6-20-14(19)11-8-7-9-17(10-11)13(18)12-15(2,3)16(12,4)5/h11-12H,6-10H2,1-5H3/t11-/m0/s1. The van der Waals surface area contributed by atoms with E-state index in [1.165, 1.54) is 0 Å². The highest BCUT2D eigenvalue weighted by atomic mass is 16.5. The average Bonchev–Trinajstić information content (AvgIpc) is 2.79. The fourth-order valence-electron chi connectivity index (χ4n) is 3.63. The number of carbonyl (C=O) groups is 2. The molecule has 0 spiro atoms. The van der Waals surface area contributed by atoms with E-state index in [-0.39, 0.29) is 34.5 Å². The van der Waals surface area contributed by atoms with Crippen molar-refractivity contribution in [3.63, 3.8) is 0 Å². The van der Waals surface area contributed by atoms with Crippen LogP contribution < -0.4 is 0 Å². The number of hydrogen-bond donors (Lipinski definition) is 0. The summed E-state index contributed by atoms with van der Waals surface area (Å²) in [7, 11) is 0. The maximum atomic E-state index is 12.7. The van der Waals surface area contributed by atoms with Gasteiger partial charge in [0.05, 0.1) is 12.5 Å². The number of piperidine rings is 1. The van der Waals surface area contributed by atoms with Gasteiger partial charge in [-0.15, -0.1) is 0 Å². The number of rotatable bonds is 3. The Morgan fingerprint density at radius 3 is 2.30 bits per heavy atom. The first kappa shape index (κ1) is 15.3. The molecule has 1 saturated heterocycles. The van der Waals surface area contributed by atoms with Crippen LogP contribution in [-0.4, -0.2) is 36.5 Å². The Labute approximate surface area is 121 Å². The largest absolute Gasteiger partial charge is 0.466 e. The molecule has 0 unspecified atom stereocenters. The third kappa shape index (κ3) is 2.33. The van der Waals surface area contributed by atoms with Gasteiger partial charge in [0.25, 0.3) is 0 Å². The van der Waals surface area contributed by atoms with Gasteiger partial charge in [-0.2, -0.15) is 0 Å². The quantitative estimate of drug-likeness (QED) is 0.747. The second kappa shape index (κ2) is 5.05. The molecule has 0 bridgehead atoms. The van der Waals surface area contributed by atoms with Gasteiger partial charge >= 0.3 is 5.97 Å². The van der Waals surface area contributed by atoms with E-state index in [9.17, 15) is 9.59 Å². The molecule has 4 heteroatoms. The van der Waals surface area contributed by atoms with E-state index in [2.05, 4.69) is 27.7 Å². The number of amides is 1. The third-order valence-corrected chi connectivity index (χ3v) is 5.62. The van der Waals surface area contributed by atoms with Gasteiger partial charge in [-0.05, 0) is 30.6 Å². The number of likely N-dealkylation sites (tertiary alicyclic amines) is 1. The van der Waals surface area contributed by atoms with Gasteiger partial charge in [-0.3, -0.25) is 9.59 Å². The maximum absolute atomic E-state index is 12.7. The lowest BCUT2D eigenvalue weighted by molar-refractivity contribution is -0.151. The number of hydrogen-bond acceptors (Lipinski definition) is 3. The minimum Gasteiger partial charge on any atom is -0.466 e. The summed E-state index contributed by atoms with van der Waals surface area (Å²) in [6.45, 7) is 12.2. The number of nitrogens with zero attached hydrogens (tertiary/aromatic N) is 1. The molecule has 2 aliphatic rings. The maximum Gasteiger partial charge on any atom is 0.310 e. The van der Waals surface area contributed by atoms with Gasteiger partial charge in [0.15, 0.2) is 0 Å². The summed E-state index contributed by atoms with van der Waals surface area (Å²) in [5.41, 5.74) is 0.113. The van der Waals surface area contributed by atoms with Crippen molar-refractivity contribution in [2.45, 2.75) is 47.5 Å². The first-order valence-electron chi connectivity index (χ1n) is 7.69. The summed E-state index contributed by atoms with van der Waals surface area (Å²) in [4.78, 5) is 26.4. The zero-order valence-electron chi connectivity index (χ0n) is 13.4. The zero-order chi connectivity index (χ0) is 15.1. The lowest BCUT2D eigenvalue weighted by atomic mass is 9.97. The van der Waals surface area contributed by atoms with Crippen LogP contribution in [0.25, 0.3) is 0 Å². The van der Waals surface area contributed by atoms with Crippen molar-refractivity contribution in [3.8, 4) is 0 Å². The number of ether oxygens (including phenoxy) is 1. The van der Waals surface area contributed by atoms with E-state index < -0.39 is 0 Å². The van der Waals surface area contributed by atoms with Gasteiger partial charge in [-0.25, -0.2) is 0 Å². The van der Waals surface area contributed by atoms with Crippen molar-refractivity contribution in [2.24, 2.45) is 22.7 Å². The van der Waals surface area contributed by atoms with Gasteiger partial charge in [-0.1, -0.05) is 27.7 Å². The molecule has 0 aromatic rings. The van der Waals surface area contributed by atoms with Gasteiger partial charge in [0.1, 0.15) is 0 Å². The van der Waals surface area contributed by atoms with Crippen LogP contribution in [0, 0.1) is 22.7 Å².